The van der Waals surface area contributed by atoms with Crippen molar-refractivity contribution in [2.75, 3.05) is 6.54 Å². The Morgan fingerprint density at radius 2 is 1.97 bits per heavy atom. The van der Waals surface area contributed by atoms with Gasteiger partial charge in [-0.05, 0) is 36.6 Å². The maximum atomic E-state index is 12.6. The van der Waals surface area contributed by atoms with E-state index in [4.69, 9.17) is 13.5 Å². The summed E-state index contributed by atoms with van der Waals surface area (Å²) in [6.07, 6.45) is 1.46. The number of carbonyl (C=O) groups is 1. The first-order valence-electron chi connectivity index (χ1n) is 9.62. The van der Waals surface area contributed by atoms with Crippen molar-refractivity contribution in [2.45, 2.75) is 26.7 Å². The summed E-state index contributed by atoms with van der Waals surface area (Å²) in [5.41, 5.74) is 0.883. The zero-order valence-electron chi connectivity index (χ0n) is 17.0. The molecule has 0 atom stereocenters. The van der Waals surface area contributed by atoms with Crippen molar-refractivity contribution in [3.63, 3.8) is 0 Å². The average Bonchev–Trinajstić information content (AvgIpc) is 3.47. The molecular weight excluding hydrogens is 404 g/mol. The number of carbonyl (C=O) groups excluding carboxylic acids is 1. The highest BCUT2D eigenvalue weighted by Gasteiger charge is 2.30. The van der Waals surface area contributed by atoms with Gasteiger partial charge in [0.1, 0.15) is 17.1 Å². The van der Waals surface area contributed by atoms with Gasteiger partial charge in [-0.15, -0.1) is 0 Å². The van der Waals surface area contributed by atoms with Gasteiger partial charge in [-0.1, -0.05) is 24.2 Å². The highest BCUT2D eigenvalue weighted by molar-refractivity contribution is 6.01. The maximum absolute atomic E-state index is 12.6. The van der Waals surface area contributed by atoms with Crippen LogP contribution in [-0.2, 0) is 0 Å². The van der Waals surface area contributed by atoms with Crippen LogP contribution in [-0.4, -0.2) is 38.0 Å². The van der Waals surface area contributed by atoms with Crippen molar-refractivity contribution < 1.29 is 28.5 Å². The van der Waals surface area contributed by atoms with Crippen molar-refractivity contribution in [2.24, 2.45) is 0 Å². The van der Waals surface area contributed by atoms with E-state index in [1.807, 2.05) is 13.8 Å². The number of furan rings is 1. The van der Waals surface area contributed by atoms with E-state index < -0.39 is 5.91 Å². The number of nitrogens with one attached hydrogen (secondary N) is 1. The van der Waals surface area contributed by atoms with E-state index in [2.05, 4.69) is 20.6 Å². The Balaban J connectivity index is 1.91. The molecule has 1 aromatic carbocycles. The molecule has 0 aliphatic carbocycles. The number of phenols is 2. The van der Waals surface area contributed by atoms with Crippen LogP contribution < -0.4 is 5.32 Å². The minimum Gasteiger partial charge on any atom is -0.508 e. The van der Waals surface area contributed by atoms with E-state index in [9.17, 15) is 15.0 Å². The van der Waals surface area contributed by atoms with Gasteiger partial charge in [-0.3, -0.25) is 4.79 Å². The third-order valence-electron chi connectivity index (χ3n) is 4.64. The van der Waals surface area contributed by atoms with E-state index in [1.165, 1.54) is 12.3 Å². The third-order valence-corrected chi connectivity index (χ3v) is 4.64. The van der Waals surface area contributed by atoms with Crippen LogP contribution in [0.25, 0.3) is 34.4 Å². The van der Waals surface area contributed by atoms with Gasteiger partial charge in [0.2, 0.25) is 5.82 Å². The van der Waals surface area contributed by atoms with Gasteiger partial charge in [-0.2, -0.15) is 4.98 Å². The van der Waals surface area contributed by atoms with Crippen LogP contribution in [0.3, 0.4) is 0 Å². The molecule has 0 spiro atoms. The summed E-state index contributed by atoms with van der Waals surface area (Å²) in [5.74, 6) is -0.298. The number of hydrogen-bond acceptors (Lipinski definition) is 9. The highest BCUT2D eigenvalue weighted by atomic mass is 16.5. The fourth-order valence-electron chi connectivity index (χ4n) is 3.14. The number of aromatic hydroxyl groups is 2. The molecule has 0 fully saturated rings. The number of aromatic nitrogens is 3. The highest BCUT2D eigenvalue weighted by Crippen LogP contribution is 2.42. The minimum absolute atomic E-state index is 0.0301. The van der Waals surface area contributed by atoms with E-state index >= 15 is 0 Å². The van der Waals surface area contributed by atoms with Gasteiger partial charge in [0.05, 0.1) is 11.8 Å². The summed E-state index contributed by atoms with van der Waals surface area (Å²) in [5, 5.41) is 31.2. The first-order valence-corrected chi connectivity index (χ1v) is 9.62. The number of phenolic OH excluding ortho intramolecular Hbond substituents is 2. The standard InChI is InChI=1S/C21H20N4O6/c1-4-22-20(28)17-16(19-23-21(31-25-19)15-6-5-7-29-15)18(30-24-17)12-8-11(10(2)3)13(26)9-14(12)27/h5-10,26-27H,4H2,1-3H3,(H,22,28). The smallest absolute Gasteiger partial charge is 0.293 e. The lowest BCUT2D eigenvalue weighted by Gasteiger charge is -2.11. The fourth-order valence-corrected chi connectivity index (χ4v) is 3.14. The van der Waals surface area contributed by atoms with Crippen LogP contribution in [0.4, 0.5) is 0 Å². The Kier molecular flexibility index (Phi) is 5.20. The van der Waals surface area contributed by atoms with Crippen LogP contribution in [0, 0.1) is 0 Å². The maximum Gasteiger partial charge on any atom is 0.293 e. The number of rotatable bonds is 6. The number of nitrogens with zero attached hydrogens (tertiary/aromatic N) is 3. The van der Waals surface area contributed by atoms with Crippen molar-refractivity contribution in [3.05, 3.63) is 41.8 Å². The van der Waals surface area contributed by atoms with Crippen LogP contribution in [0.15, 0.2) is 44.0 Å². The molecule has 3 heterocycles. The Morgan fingerprint density at radius 3 is 2.65 bits per heavy atom. The average molecular weight is 424 g/mol. The lowest BCUT2D eigenvalue weighted by Crippen LogP contribution is -2.23. The molecule has 4 rings (SSSR count). The SMILES string of the molecule is CCNC(=O)c1noc(-c2cc(C(C)C)c(O)cc2O)c1-c1noc(-c2ccco2)n1. The molecule has 0 bridgehead atoms. The number of amides is 1. The third kappa shape index (κ3) is 3.63. The first kappa shape index (κ1) is 20.2. The molecule has 0 saturated heterocycles. The lowest BCUT2D eigenvalue weighted by atomic mass is 9.96. The molecule has 31 heavy (non-hydrogen) atoms. The van der Waals surface area contributed by atoms with Gasteiger partial charge < -0.3 is 29.0 Å². The molecule has 1 amide bonds. The van der Waals surface area contributed by atoms with Crippen molar-refractivity contribution in [1.29, 1.82) is 0 Å². The molecule has 10 nitrogen and oxygen atoms in total. The molecule has 0 aliphatic rings. The van der Waals surface area contributed by atoms with Gasteiger partial charge in [-0.25, -0.2) is 0 Å². The summed E-state index contributed by atoms with van der Waals surface area (Å²) in [4.78, 5) is 16.9. The Bertz CT molecular complexity index is 1220. The zero-order chi connectivity index (χ0) is 22.1. The molecule has 3 N–H and O–H groups in total. The molecule has 0 aliphatic heterocycles. The van der Waals surface area contributed by atoms with Crippen LogP contribution in [0.2, 0.25) is 0 Å². The Morgan fingerprint density at radius 1 is 1.16 bits per heavy atom. The van der Waals surface area contributed by atoms with Crippen molar-refractivity contribution in [1.82, 2.24) is 20.6 Å². The normalized spacial score (nSPS) is 11.2. The predicted octanol–water partition coefficient (Wildman–Crippen LogP) is 3.94. The van der Waals surface area contributed by atoms with E-state index in [-0.39, 0.29) is 51.7 Å². The molecule has 160 valence electrons. The second kappa shape index (κ2) is 7.98. The van der Waals surface area contributed by atoms with Crippen LogP contribution in [0.1, 0.15) is 42.7 Å². The lowest BCUT2D eigenvalue weighted by molar-refractivity contribution is 0.0947. The first-order chi connectivity index (χ1) is 14.9. The number of hydrogen-bond donors (Lipinski definition) is 3. The number of benzene rings is 1. The van der Waals surface area contributed by atoms with Gasteiger partial charge in [0.15, 0.2) is 17.2 Å². The summed E-state index contributed by atoms with van der Waals surface area (Å²) in [6, 6.07) is 6.12. The minimum atomic E-state index is -0.501. The molecule has 10 heteroatoms. The molecule has 3 aromatic heterocycles. The van der Waals surface area contributed by atoms with E-state index in [0.717, 1.165) is 0 Å². The van der Waals surface area contributed by atoms with Gasteiger partial charge in [0.25, 0.3) is 11.8 Å². The molecular formula is C21H20N4O6. The second-order valence-electron chi connectivity index (χ2n) is 7.08. The molecule has 4 aromatic rings. The largest absolute Gasteiger partial charge is 0.508 e. The van der Waals surface area contributed by atoms with Gasteiger partial charge in [0, 0.05) is 12.6 Å². The second-order valence-corrected chi connectivity index (χ2v) is 7.08. The Hall–Kier alpha value is -4.08. The van der Waals surface area contributed by atoms with Crippen LogP contribution >= 0.6 is 0 Å². The molecule has 0 unspecified atom stereocenters. The fraction of sp³-hybridized carbons (Fsp3) is 0.238. The molecule has 0 radical (unpaired) electrons. The predicted molar refractivity (Wildman–Crippen MR) is 108 cm³/mol. The summed E-state index contributed by atoms with van der Waals surface area (Å²) in [6.45, 7) is 5.92. The van der Waals surface area contributed by atoms with Gasteiger partial charge >= 0.3 is 0 Å². The summed E-state index contributed by atoms with van der Waals surface area (Å²) >= 11 is 0. The zero-order valence-corrected chi connectivity index (χ0v) is 17.0. The van der Waals surface area contributed by atoms with Crippen molar-refractivity contribution in [3.8, 4) is 45.9 Å². The Labute approximate surface area is 176 Å². The van der Waals surface area contributed by atoms with E-state index in [0.29, 0.717) is 17.9 Å². The topological polar surface area (TPSA) is 148 Å². The molecule has 0 saturated carbocycles. The van der Waals surface area contributed by atoms with E-state index in [1.54, 1.807) is 25.1 Å². The monoisotopic (exact) mass is 424 g/mol. The van der Waals surface area contributed by atoms with Crippen molar-refractivity contribution >= 4 is 5.91 Å². The summed E-state index contributed by atoms with van der Waals surface area (Å²) in [7, 11) is 0. The summed E-state index contributed by atoms with van der Waals surface area (Å²) < 4.78 is 16.0. The van der Waals surface area contributed by atoms with Crippen LogP contribution in [0.5, 0.6) is 11.5 Å². The quantitative estimate of drug-likeness (QED) is 0.418.